The van der Waals surface area contributed by atoms with Crippen LogP contribution in [0.1, 0.15) is 18.5 Å². The van der Waals surface area contributed by atoms with Crippen LogP contribution >= 0.6 is 12.2 Å². The Labute approximate surface area is 154 Å². The smallest absolute Gasteiger partial charge is 0.256 e. The summed E-state index contributed by atoms with van der Waals surface area (Å²) in [5, 5.41) is 11.1. The van der Waals surface area contributed by atoms with Crippen LogP contribution in [0, 0.1) is 0 Å². The summed E-state index contributed by atoms with van der Waals surface area (Å²) in [5.74, 6) is -1.20. The average molecular weight is 380 g/mol. The third kappa shape index (κ3) is 4.23. The summed E-state index contributed by atoms with van der Waals surface area (Å²) in [6.07, 6.45) is 6.66. The highest BCUT2D eigenvalue weighted by molar-refractivity contribution is 7.80. The second-order valence-electron chi connectivity index (χ2n) is 5.67. The maximum Gasteiger partial charge on any atom is 0.256 e. The van der Waals surface area contributed by atoms with Gasteiger partial charge in [-0.25, -0.2) is 13.5 Å². The predicted molar refractivity (Wildman–Crippen MR) is 96.2 cm³/mol. The Morgan fingerprint density at radius 3 is 3.00 bits per heavy atom. The lowest BCUT2D eigenvalue weighted by molar-refractivity contribution is 0.155. The number of allylic oxidation sites excluding steroid dienone is 6. The second-order valence-corrected chi connectivity index (χ2v) is 6.04. The lowest BCUT2D eigenvalue weighted by atomic mass is 9.99. The SMILES string of the molecule is COC(=S)NCc1cn(C2=CC(F)=C(C3=CCOCC3)C(F)=CC2)nn1. The minimum absolute atomic E-state index is 0.00394. The first-order chi connectivity index (χ1) is 12.6. The molecule has 1 aliphatic heterocycles. The molecule has 0 saturated heterocycles. The lowest BCUT2D eigenvalue weighted by Gasteiger charge is -2.15. The normalized spacial score (nSPS) is 17.9. The molecule has 0 saturated carbocycles. The van der Waals surface area contributed by atoms with E-state index in [1.165, 1.54) is 23.9 Å². The van der Waals surface area contributed by atoms with Gasteiger partial charge in [-0.05, 0) is 36.4 Å². The van der Waals surface area contributed by atoms with E-state index in [9.17, 15) is 8.78 Å². The van der Waals surface area contributed by atoms with E-state index in [1.54, 1.807) is 12.3 Å². The van der Waals surface area contributed by atoms with Gasteiger partial charge in [0.15, 0.2) is 0 Å². The van der Waals surface area contributed by atoms with Gasteiger partial charge >= 0.3 is 0 Å². The molecule has 1 aromatic rings. The monoisotopic (exact) mass is 380 g/mol. The summed E-state index contributed by atoms with van der Waals surface area (Å²) >= 11 is 4.89. The van der Waals surface area contributed by atoms with Gasteiger partial charge in [0.05, 0.1) is 38.8 Å². The third-order valence-corrected chi connectivity index (χ3v) is 4.29. The molecule has 2 heterocycles. The van der Waals surface area contributed by atoms with Crippen LogP contribution in [0.3, 0.4) is 0 Å². The van der Waals surface area contributed by atoms with E-state index in [0.717, 1.165) is 0 Å². The van der Waals surface area contributed by atoms with Gasteiger partial charge in [0, 0.05) is 12.0 Å². The van der Waals surface area contributed by atoms with Crippen molar-refractivity contribution in [2.24, 2.45) is 0 Å². The molecule has 0 aromatic carbocycles. The van der Waals surface area contributed by atoms with Crippen molar-refractivity contribution in [3.05, 3.63) is 52.9 Å². The quantitative estimate of drug-likeness (QED) is 0.811. The molecule has 9 heteroatoms. The Kier molecular flexibility index (Phi) is 5.89. The number of nitrogens with one attached hydrogen (secondary N) is 1. The average Bonchev–Trinajstić information content (AvgIpc) is 3.07. The Bertz CT molecular complexity index is 826. The van der Waals surface area contributed by atoms with E-state index in [2.05, 4.69) is 15.6 Å². The van der Waals surface area contributed by atoms with Crippen molar-refractivity contribution in [1.82, 2.24) is 20.3 Å². The Balaban J connectivity index is 1.83. The van der Waals surface area contributed by atoms with Crippen LogP contribution in [0.5, 0.6) is 0 Å². The fourth-order valence-electron chi connectivity index (χ4n) is 2.66. The molecule has 0 atom stereocenters. The molecule has 26 heavy (non-hydrogen) atoms. The van der Waals surface area contributed by atoms with E-state index >= 15 is 0 Å². The molecule has 0 amide bonds. The molecule has 3 rings (SSSR count). The van der Waals surface area contributed by atoms with Crippen LogP contribution in [-0.2, 0) is 16.0 Å². The van der Waals surface area contributed by atoms with Crippen LogP contribution in [0.2, 0.25) is 0 Å². The lowest BCUT2D eigenvalue weighted by Crippen LogP contribution is -2.22. The zero-order valence-electron chi connectivity index (χ0n) is 14.2. The molecular formula is C17H18F2N4O2S. The number of halogens is 2. The van der Waals surface area contributed by atoms with Crippen molar-refractivity contribution >= 4 is 23.1 Å². The van der Waals surface area contributed by atoms with Crippen LogP contribution in [0.25, 0.3) is 5.70 Å². The first-order valence-corrected chi connectivity index (χ1v) is 8.46. The fraction of sp³-hybridized carbons (Fsp3) is 0.353. The Morgan fingerprint density at radius 1 is 1.42 bits per heavy atom. The molecule has 6 nitrogen and oxygen atoms in total. The van der Waals surface area contributed by atoms with Crippen molar-refractivity contribution in [2.45, 2.75) is 19.4 Å². The summed E-state index contributed by atoms with van der Waals surface area (Å²) < 4.78 is 40.6. The number of ether oxygens (including phenoxy) is 2. The van der Waals surface area contributed by atoms with Gasteiger partial charge < -0.3 is 14.8 Å². The highest BCUT2D eigenvalue weighted by atomic mass is 32.1. The number of hydrogen-bond donors (Lipinski definition) is 1. The predicted octanol–water partition coefficient (Wildman–Crippen LogP) is 2.97. The molecule has 0 radical (unpaired) electrons. The van der Waals surface area contributed by atoms with Gasteiger partial charge in [0.25, 0.3) is 5.17 Å². The molecule has 1 aliphatic carbocycles. The van der Waals surface area contributed by atoms with Crippen LogP contribution in [0.4, 0.5) is 8.78 Å². The molecular weight excluding hydrogens is 362 g/mol. The fourth-order valence-corrected chi connectivity index (χ4v) is 2.74. The standard InChI is InChI=1S/C17H18F2N4O2S/c1-24-17(26)20-9-12-10-23(22-21-12)13-2-3-14(18)16(15(19)8-13)11-4-6-25-7-5-11/h3-4,8,10H,2,5-7,9H2,1H3,(H,20,26). The molecule has 0 unspecified atom stereocenters. The zero-order chi connectivity index (χ0) is 18.5. The molecule has 1 N–H and O–H groups in total. The summed E-state index contributed by atoms with van der Waals surface area (Å²) in [6.45, 7) is 1.13. The van der Waals surface area contributed by atoms with Crippen LogP contribution in [0.15, 0.2) is 47.2 Å². The molecule has 2 aliphatic rings. The van der Waals surface area contributed by atoms with E-state index in [-0.39, 0.29) is 17.2 Å². The first-order valence-electron chi connectivity index (χ1n) is 8.05. The topological polar surface area (TPSA) is 61.2 Å². The van der Waals surface area contributed by atoms with Gasteiger partial charge in [0.2, 0.25) is 0 Å². The molecule has 0 fully saturated rings. The Morgan fingerprint density at radius 2 is 2.27 bits per heavy atom. The minimum Gasteiger partial charge on any atom is -0.474 e. The zero-order valence-corrected chi connectivity index (χ0v) is 15.0. The summed E-state index contributed by atoms with van der Waals surface area (Å²) in [5.41, 5.74) is 1.69. The summed E-state index contributed by atoms with van der Waals surface area (Å²) in [4.78, 5) is 0. The number of hydrogen-bond acceptors (Lipinski definition) is 5. The maximum absolute atomic E-state index is 14.7. The second kappa shape index (κ2) is 8.33. The number of aromatic nitrogens is 3. The van der Waals surface area contributed by atoms with Crippen molar-refractivity contribution in [1.29, 1.82) is 0 Å². The first kappa shape index (κ1) is 18.4. The number of thiocarbonyl (C=S) groups is 1. The molecule has 0 spiro atoms. The minimum atomic E-state index is -0.630. The van der Waals surface area contributed by atoms with Gasteiger partial charge in [0.1, 0.15) is 17.3 Å². The van der Waals surface area contributed by atoms with E-state index < -0.39 is 11.7 Å². The summed E-state index contributed by atoms with van der Waals surface area (Å²) in [6, 6.07) is 0. The maximum atomic E-state index is 14.7. The van der Waals surface area contributed by atoms with E-state index in [1.807, 2.05) is 0 Å². The third-order valence-electron chi connectivity index (χ3n) is 3.98. The van der Waals surface area contributed by atoms with Gasteiger partial charge in [-0.2, -0.15) is 0 Å². The van der Waals surface area contributed by atoms with Crippen molar-refractivity contribution in [2.75, 3.05) is 20.3 Å². The molecule has 0 bridgehead atoms. The Hall–Kier alpha value is -2.39. The largest absolute Gasteiger partial charge is 0.474 e. The highest BCUT2D eigenvalue weighted by Gasteiger charge is 2.21. The van der Waals surface area contributed by atoms with Crippen molar-refractivity contribution < 1.29 is 18.3 Å². The molecule has 138 valence electrons. The summed E-state index contributed by atoms with van der Waals surface area (Å²) in [7, 11) is 1.46. The van der Waals surface area contributed by atoms with Gasteiger partial charge in [-0.15, -0.1) is 5.10 Å². The van der Waals surface area contributed by atoms with Crippen molar-refractivity contribution in [3.8, 4) is 0 Å². The van der Waals surface area contributed by atoms with Gasteiger partial charge in [-0.1, -0.05) is 11.3 Å². The van der Waals surface area contributed by atoms with E-state index in [4.69, 9.17) is 21.7 Å². The van der Waals surface area contributed by atoms with Crippen LogP contribution in [-0.4, -0.2) is 40.5 Å². The number of nitrogens with zero attached hydrogens (tertiary/aromatic N) is 3. The number of rotatable bonds is 4. The highest BCUT2D eigenvalue weighted by Crippen LogP contribution is 2.33. The van der Waals surface area contributed by atoms with E-state index in [0.29, 0.717) is 43.1 Å². The number of methoxy groups -OCH3 is 1. The van der Waals surface area contributed by atoms with Crippen molar-refractivity contribution in [3.63, 3.8) is 0 Å². The van der Waals surface area contributed by atoms with Gasteiger partial charge in [-0.3, -0.25) is 0 Å². The molecule has 1 aromatic heterocycles. The van der Waals surface area contributed by atoms with Crippen LogP contribution < -0.4 is 5.32 Å².